The molecule has 1 unspecified atom stereocenters. The Balaban J connectivity index is 2.09. The predicted octanol–water partition coefficient (Wildman–Crippen LogP) is 4.21. The molecular weight excluding hydrogens is 420 g/mol. The Morgan fingerprint density at radius 1 is 1.09 bits per heavy atom. The average Bonchev–Trinajstić information content (AvgIpc) is 3.01. The number of rotatable bonds is 8. The van der Waals surface area contributed by atoms with Crippen molar-refractivity contribution < 1.29 is 33.0 Å². The minimum Gasteiger partial charge on any atom is -0.507 e. The molecular formula is C24H25F2NO5. The fourth-order valence-corrected chi connectivity index (χ4v) is 3.67. The Bertz CT molecular complexity index is 1030. The summed E-state index contributed by atoms with van der Waals surface area (Å²) in [5.41, 5.74) is 0.170. The zero-order valence-corrected chi connectivity index (χ0v) is 18.1. The van der Waals surface area contributed by atoms with Crippen LogP contribution in [0.2, 0.25) is 0 Å². The fourth-order valence-electron chi connectivity index (χ4n) is 3.67. The minimum absolute atomic E-state index is 0.0127. The van der Waals surface area contributed by atoms with Crippen molar-refractivity contribution in [3.05, 3.63) is 70.8 Å². The molecule has 3 rings (SSSR count). The van der Waals surface area contributed by atoms with E-state index >= 15 is 0 Å². The monoisotopic (exact) mass is 445 g/mol. The topological polar surface area (TPSA) is 76.1 Å². The van der Waals surface area contributed by atoms with E-state index in [4.69, 9.17) is 9.47 Å². The average molecular weight is 445 g/mol. The second kappa shape index (κ2) is 9.91. The summed E-state index contributed by atoms with van der Waals surface area (Å²) < 4.78 is 38.1. The third kappa shape index (κ3) is 4.80. The molecule has 1 fully saturated rings. The molecule has 2 aromatic carbocycles. The highest BCUT2D eigenvalue weighted by Crippen LogP contribution is 2.41. The van der Waals surface area contributed by atoms with Crippen LogP contribution in [-0.4, -0.2) is 48.1 Å². The van der Waals surface area contributed by atoms with Gasteiger partial charge in [-0.1, -0.05) is 12.1 Å². The maximum absolute atomic E-state index is 13.9. The standard InChI is InChI=1S/C24H25F2NO5/c1-14(2)32-12-4-11-27-21(15-5-7-16(25)8-6-15)20(23(29)24(27)30)22(28)18-13-17(26)9-10-19(18)31-3/h5-10,13-14,21,28H,4,11-12H2,1-3H3/b22-20+. The lowest BCUT2D eigenvalue weighted by molar-refractivity contribution is -0.140. The van der Waals surface area contributed by atoms with Crippen LogP contribution in [-0.2, 0) is 14.3 Å². The summed E-state index contributed by atoms with van der Waals surface area (Å²) in [4.78, 5) is 27.1. The third-order valence-electron chi connectivity index (χ3n) is 5.14. The summed E-state index contributed by atoms with van der Waals surface area (Å²) >= 11 is 0. The molecule has 2 aromatic rings. The molecule has 0 aliphatic carbocycles. The summed E-state index contributed by atoms with van der Waals surface area (Å²) in [6.45, 7) is 4.32. The van der Waals surface area contributed by atoms with Crippen LogP contribution in [0.3, 0.4) is 0 Å². The van der Waals surface area contributed by atoms with Gasteiger partial charge in [0.2, 0.25) is 0 Å². The Morgan fingerprint density at radius 2 is 1.75 bits per heavy atom. The number of hydrogen-bond acceptors (Lipinski definition) is 5. The van der Waals surface area contributed by atoms with Crippen molar-refractivity contribution in [2.24, 2.45) is 0 Å². The van der Waals surface area contributed by atoms with Crippen LogP contribution >= 0.6 is 0 Å². The lowest BCUT2D eigenvalue weighted by atomic mass is 9.95. The second-order valence-corrected chi connectivity index (χ2v) is 7.66. The van der Waals surface area contributed by atoms with E-state index in [1.807, 2.05) is 13.8 Å². The van der Waals surface area contributed by atoms with Crippen LogP contribution in [0, 0.1) is 11.6 Å². The van der Waals surface area contributed by atoms with Crippen molar-refractivity contribution in [2.45, 2.75) is 32.4 Å². The first-order valence-electron chi connectivity index (χ1n) is 10.2. The predicted molar refractivity (Wildman–Crippen MR) is 114 cm³/mol. The number of benzene rings is 2. The first-order chi connectivity index (χ1) is 15.2. The molecule has 1 N–H and O–H groups in total. The largest absolute Gasteiger partial charge is 0.507 e. The number of likely N-dealkylation sites (tertiary alicyclic amines) is 1. The molecule has 1 heterocycles. The van der Waals surface area contributed by atoms with Crippen LogP contribution in [0.25, 0.3) is 5.76 Å². The third-order valence-corrected chi connectivity index (χ3v) is 5.14. The van der Waals surface area contributed by atoms with Gasteiger partial charge in [0.05, 0.1) is 30.4 Å². The van der Waals surface area contributed by atoms with Crippen LogP contribution in [0.4, 0.5) is 8.78 Å². The van der Waals surface area contributed by atoms with Crippen LogP contribution in [0.5, 0.6) is 5.75 Å². The molecule has 32 heavy (non-hydrogen) atoms. The molecule has 1 saturated heterocycles. The van der Waals surface area contributed by atoms with Gasteiger partial charge in [0.1, 0.15) is 23.1 Å². The second-order valence-electron chi connectivity index (χ2n) is 7.66. The number of halogens is 2. The van der Waals surface area contributed by atoms with Gasteiger partial charge in [-0.15, -0.1) is 0 Å². The molecule has 6 nitrogen and oxygen atoms in total. The number of carbonyl (C=O) groups excluding carboxylic acids is 2. The van der Waals surface area contributed by atoms with E-state index in [0.717, 1.165) is 12.1 Å². The maximum atomic E-state index is 13.9. The molecule has 1 aliphatic heterocycles. The first kappa shape index (κ1) is 23.4. The minimum atomic E-state index is -0.970. The van der Waals surface area contributed by atoms with Gasteiger partial charge < -0.3 is 19.5 Å². The summed E-state index contributed by atoms with van der Waals surface area (Å²) in [6, 6.07) is 7.83. The summed E-state index contributed by atoms with van der Waals surface area (Å²) in [5.74, 6) is -3.27. The maximum Gasteiger partial charge on any atom is 0.295 e. The summed E-state index contributed by atoms with van der Waals surface area (Å²) in [7, 11) is 1.34. The molecule has 0 aromatic heterocycles. The van der Waals surface area contributed by atoms with E-state index in [9.17, 15) is 23.5 Å². The van der Waals surface area contributed by atoms with Gasteiger partial charge >= 0.3 is 0 Å². The SMILES string of the molecule is COc1ccc(F)cc1/C(O)=C1\C(=O)C(=O)N(CCCOC(C)C)C1c1ccc(F)cc1. The van der Waals surface area contributed by atoms with E-state index in [-0.39, 0.29) is 29.5 Å². The number of carbonyl (C=O) groups is 2. The Kier molecular flexibility index (Phi) is 7.25. The van der Waals surface area contributed by atoms with Crippen molar-refractivity contribution >= 4 is 17.4 Å². The number of ether oxygens (including phenoxy) is 2. The first-order valence-corrected chi connectivity index (χ1v) is 10.2. The highest BCUT2D eigenvalue weighted by atomic mass is 19.1. The van der Waals surface area contributed by atoms with Crippen molar-refractivity contribution in [3.63, 3.8) is 0 Å². The van der Waals surface area contributed by atoms with E-state index in [1.54, 1.807) is 0 Å². The molecule has 1 aliphatic rings. The molecule has 0 spiro atoms. The van der Waals surface area contributed by atoms with E-state index < -0.39 is 35.1 Å². The highest BCUT2D eigenvalue weighted by Gasteiger charge is 2.46. The van der Waals surface area contributed by atoms with Gasteiger partial charge in [0.15, 0.2) is 0 Å². The van der Waals surface area contributed by atoms with Crippen molar-refractivity contribution in [3.8, 4) is 5.75 Å². The molecule has 0 bridgehead atoms. The zero-order valence-electron chi connectivity index (χ0n) is 18.1. The summed E-state index contributed by atoms with van der Waals surface area (Å²) in [6.07, 6.45) is 0.463. The normalized spacial score (nSPS) is 17.9. The number of ketones is 1. The van der Waals surface area contributed by atoms with Gasteiger partial charge in [-0.2, -0.15) is 0 Å². The van der Waals surface area contributed by atoms with E-state index in [1.165, 1.54) is 42.3 Å². The van der Waals surface area contributed by atoms with Crippen molar-refractivity contribution in [2.75, 3.05) is 20.3 Å². The molecule has 0 saturated carbocycles. The number of hydrogen-bond donors (Lipinski definition) is 1. The van der Waals surface area contributed by atoms with Crippen LogP contribution < -0.4 is 4.74 Å². The number of methoxy groups -OCH3 is 1. The number of amides is 1. The number of Topliss-reactive ketones (excluding diaryl/α,β-unsaturated/α-hetero) is 1. The number of nitrogens with zero attached hydrogens (tertiary/aromatic N) is 1. The Labute approximate surface area is 185 Å². The van der Waals surface area contributed by atoms with Gasteiger partial charge in [0, 0.05) is 13.2 Å². The lowest BCUT2D eigenvalue weighted by Gasteiger charge is -2.25. The summed E-state index contributed by atoms with van der Waals surface area (Å²) in [5, 5.41) is 11.0. The zero-order chi connectivity index (χ0) is 23.4. The molecule has 0 radical (unpaired) electrons. The van der Waals surface area contributed by atoms with Crippen molar-refractivity contribution in [1.82, 2.24) is 4.90 Å². The lowest BCUT2D eigenvalue weighted by Crippen LogP contribution is -2.31. The van der Waals surface area contributed by atoms with Crippen molar-refractivity contribution in [1.29, 1.82) is 0 Å². The smallest absolute Gasteiger partial charge is 0.295 e. The quantitative estimate of drug-likeness (QED) is 0.285. The van der Waals surface area contributed by atoms with Gasteiger partial charge in [-0.3, -0.25) is 9.59 Å². The van der Waals surface area contributed by atoms with Gasteiger partial charge in [0.25, 0.3) is 11.7 Å². The van der Waals surface area contributed by atoms with Gasteiger partial charge in [-0.25, -0.2) is 8.78 Å². The molecule has 1 atom stereocenters. The van der Waals surface area contributed by atoms with Crippen LogP contribution in [0.15, 0.2) is 48.0 Å². The number of aliphatic hydroxyl groups excluding tert-OH is 1. The Morgan fingerprint density at radius 3 is 2.38 bits per heavy atom. The van der Waals surface area contributed by atoms with Gasteiger partial charge in [-0.05, 0) is 56.2 Å². The Hall–Kier alpha value is -3.26. The molecule has 170 valence electrons. The molecule has 1 amide bonds. The highest BCUT2D eigenvalue weighted by molar-refractivity contribution is 6.46. The number of aliphatic hydroxyl groups is 1. The van der Waals surface area contributed by atoms with E-state index in [0.29, 0.717) is 18.6 Å². The van der Waals surface area contributed by atoms with E-state index in [2.05, 4.69) is 0 Å². The fraction of sp³-hybridized carbons (Fsp3) is 0.333. The molecule has 8 heteroatoms. The van der Waals surface area contributed by atoms with Crippen LogP contribution in [0.1, 0.15) is 37.4 Å².